The van der Waals surface area contributed by atoms with E-state index in [0.29, 0.717) is 47.1 Å². The Morgan fingerprint density at radius 3 is 2.47 bits per heavy atom. The molecule has 9 heteroatoms. The Kier molecular flexibility index (Phi) is 6.20. The number of amides is 2. The monoisotopic (exact) mass is 486 g/mol. The van der Waals surface area contributed by atoms with Crippen molar-refractivity contribution in [3.05, 3.63) is 104 Å². The maximum Gasteiger partial charge on any atom is 0.273 e. The molecule has 2 N–H and O–H groups in total. The Labute approximate surface area is 205 Å². The molecule has 0 saturated carbocycles. The van der Waals surface area contributed by atoms with Gasteiger partial charge in [0, 0.05) is 29.9 Å². The molecule has 0 unspecified atom stereocenters. The smallest absolute Gasteiger partial charge is 0.273 e. The molecule has 2 heterocycles. The largest absolute Gasteiger partial charge is 0.322 e. The Bertz CT molecular complexity index is 1590. The van der Waals surface area contributed by atoms with Crippen molar-refractivity contribution in [2.75, 3.05) is 16.8 Å². The second-order valence-electron chi connectivity index (χ2n) is 8.61. The number of hydrogen-bond donors (Lipinski definition) is 2. The van der Waals surface area contributed by atoms with Crippen molar-refractivity contribution in [1.82, 2.24) is 9.78 Å². The van der Waals surface area contributed by atoms with Crippen LogP contribution in [0.4, 0.5) is 15.8 Å². The predicted molar refractivity (Wildman–Crippen MR) is 135 cm³/mol. The van der Waals surface area contributed by atoms with E-state index >= 15 is 0 Å². The lowest BCUT2D eigenvalue weighted by Crippen LogP contribution is -2.37. The number of aromatic nitrogens is 2. The fraction of sp³-hybridized carbons (Fsp3) is 0.185. The van der Waals surface area contributed by atoms with Crippen molar-refractivity contribution in [3.8, 4) is 0 Å². The summed E-state index contributed by atoms with van der Waals surface area (Å²) in [7, 11) is 0. The van der Waals surface area contributed by atoms with E-state index in [1.807, 2.05) is 6.07 Å². The van der Waals surface area contributed by atoms with Gasteiger partial charge in [-0.3, -0.25) is 24.3 Å². The normalized spacial score (nSPS) is 12.9. The van der Waals surface area contributed by atoms with Crippen LogP contribution in [0.5, 0.6) is 0 Å². The molecule has 2 amide bonds. The fourth-order valence-corrected chi connectivity index (χ4v) is 4.54. The van der Waals surface area contributed by atoms with Gasteiger partial charge >= 0.3 is 0 Å². The molecule has 1 aliphatic rings. The molecule has 182 valence electrons. The minimum Gasteiger partial charge on any atom is -0.322 e. The first kappa shape index (κ1) is 23.2. The van der Waals surface area contributed by atoms with Crippen LogP contribution in [0.2, 0.25) is 0 Å². The van der Waals surface area contributed by atoms with Crippen LogP contribution in [0.1, 0.15) is 28.8 Å². The first-order valence-electron chi connectivity index (χ1n) is 11.6. The first-order valence-corrected chi connectivity index (χ1v) is 11.6. The summed E-state index contributed by atoms with van der Waals surface area (Å²) >= 11 is 0. The summed E-state index contributed by atoms with van der Waals surface area (Å²) in [6.45, 7) is 0.537. The average Bonchev–Trinajstić information content (AvgIpc) is 2.90. The second-order valence-corrected chi connectivity index (χ2v) is 8.61. The molecule has 0 radical (unpaired) electrons. The summed E-state index contributed by atoms with van der Waals surface area (Å²) in [4.78, 5) is 52.6. The van der Waals surface area contributed by atoms with Gasteiger partial charge in [-0.2, -0.15) is 0 Å². The van der Waals surface area contributed by atoms with Gasteiger partial charge in [0.2, 0.25) is 5.91 Å². The zero-order valence-corrected chi connectivity index (χ0v) is 19.3. The summed E-state index contributed by atoms with van der Waals surface area (Å²) in [6.07, 6.45) is 1.39. The maximum absolute atomic E-state index is 13.2. The van der Waals surface area contributed by atoms with E-state index in [4.69, 9.17) is 0 Å². The van der Waals surface area contributed by atoms with E-state index in [-0.39, 0.29) is 35.9 Å². The van der Waals surface area contributed by atoms with Crippen LogP contribution >= 0.6 is 0 Å². The summed E-state index contributed by atoms with van der Waals surface area (Å²) in [5.74, 6) is -0.988. The van der Waals surface area contributed by atoms with Crippen molar-refractivity contribution in [2.24, 2.45) is 0 Å². The van der Waals surface area contributed by atoms with Crippen LogP contribution < -0.4 is 21.3 Å². The van der Waals surface area contributed by atoms with Gasteiger partial charge in [-0.15, -0.1) is 0 Å². The third kappa shape index (κ3) is 4.43. The number of H-pyrrole nitrogens is 1. The molecule has 5 rings (SSSR count). The molecular weight excluding hydrogens is 463 g/mol. The summed E-state index contributed by atoms with van der Waals surface area (Å²) in [6, 6.07) is 17.2. The van der Waals surface area contributed by atoms with Crippen LogP contribution in [0.15, 0.2) is 76.3 Å². The Hall–Kier alpha value is -4.53. The lowest BCUT2D eigenvalue weighted by atomic mass is 9.99. The van der Waals surface area contributed by atoms with E-state index in [9.17, 15) is 23.6 Å². The lowest BCUT2D eigenvalue weighted by molar-refractivity contribution is -0.119. The van der Waals surface area contributed by atoms with E-state index in [1.165, 1.54) is 28.9 Å². The number of benzene rings is 3. The third-order valence-corrected chi connectivity index (χ3v) is 6.34. The minimum absolute atomic E-state index is 0.0137. The molecule has 3 aromatic carbocycles. The number of fused-ring (bicyclic) bond motifs is 2. The van der Waals surface area contributed by atoms with Gasteiger partial charge in [0.25, 0.3) is 17.0 Å². The van der Waals surface area contributed by atoms with Crippen LogP contribution in [0, 0.1) is 5.82 Å². The number of rotatable bonds is 5. The second kappa shape index (κ2) is 9.61. The highest BCUT2D eigenvalue weighted by Gasteiger charge is 2.25. The van der Waals surface area contributed by atoms with E-state index in [0.717, 1.165) is 5.56 Å². The molecule has 8 nitrogen and oxygen atoms in total. The van der Waals surface area contributed by atoms with Crippen LogP contribution in [-0.2, 0) is 17.8 Å². The SMILES string of the molecule is O=C(Nc1cccc2c1CCCN2C(=O)CCn1[nH]c(=O)c2ccccc2c1=O)c1ccc(F)cc1. The Morgan fingerprint density at radius 1 is 0.944 bits per heavy atom. The number of anilines is 2. The highest BCUT2D eigenvalue weighted by Crippen LogP contribution is 2.33. The fourth-order valence-electron chi connectivity index (χ4n) is 4.54. The average molecular weight is 487 g/mol. The van der Waals surface area contributed by atoms with Crippen molar-refractivity contribution in [1.29, 1.82) is 0 Å². The van der Waals surface area contributed by atoms with E-state index < -0.39 is 5.82 Å². The molecular formula is C27H23FN4O4. The van der Waals surface area contributed by atoms with Crippen molar-refractivity contribution in [3.63, 3.8) is 0 Å². The van der Waals surface area contributed by atoms with Crippen LogP contribution in [0.25, 0.3) is 10.8 Å². The standard InChI is InChI=1S/C27H23FN4O4/c28-18-12-10-17(11-13-18)25(34)29-22-8-3-9-23-21(22)7-4-15-31(23)24(33)14-16-32-27(36)20-6-2-1-5-19(20)26(35)30-32/h1-3,5-6,8-13H,4,7,14-16H2,(H,29,34)(H,30,35). The third-order valence-electron chi connectivity index (χ3n) is 6.34. The zero-order valence-electron chi connectivity index (χ0n) is 19.3. The molecule has 0 bridgehead atoms. The number of aromatic amines is 1. The van der Waals surface area contributed by atoms with Crippen LogP contribution in [0.3, 0.4) is 0 Å². The van der Waals surface area contributed by atoms with Gasteiger partial charge in [-0.05, 0) is 66.9 Å². The zero-order chi connectivity index (χ0) is 25.2. The quantitative estimate of drug-likeness (QED) is 0.451. The topological polar surface area (TPSA) is 104 Å². The summed E-state index contributed by atoms with van der Waals surface area (Å²) in [5.41, 5.74) is 1.71. The van der Waals surface area contributed by atoms with Crippen molar-refractivity contribution in [2.45, 2.75) is 25.8 Å². The molecule has 4 aromatic rings. The molecule has 36 heavy (non-hydrogen) atoms. The van der Waals surface area contributed by atoms with E-state index in [1.54, 1.807) is 41.3 Å². The molecule has 1 aliphatic heterocycles. The van der Waals surface area contributed by atoms with Crippen molar-refractivity contribution >= 4 is 34.0 Å². The summed E-state index contributed by atoms with van der Waals surface area (Å²) < 4.78 is 14.4. The van der Waals surface area contributed by atoms with Gasteiger partial charge in [-0.1, -0.05) is 18.2 Å². The number of nitrogens with one attached hydrogen (secondary N) is 2. The lowest BCUT2D eigenvalue weighted by Gasteiger charge is -2.31. The molecule has 0 saturated heterocycles. The predicted octanol–water partition coefficient (Wildman–Crippen LogP) is 3.45. The minimum atomic E-state index is -0.423. The number of hydrogen-bond acceptors (Lipinski definition) is 4. The van der Waals surface area contributed by atoms with Crippen molar-refractivity contribution < 1.29 is 14.0 Å². The molecule has 0 aliphatic carbocycles. The number of halogens is 1. The number of nitrogens with zero attached hydrogens (tertiary/aromatic N) is 2. The highest BCUT2D eigenvalue weighted by atomic mass is 19.1. The Balaban J connectivity index is 1.35. The van der Waals surface area contributed by atoms with Gasteiger partial charge in [0.05, 0.1) is 17.3 Å². The number of carbonyl (C=O) groups is 2. The highest BCUT2D eigenvalue weighted by molar-refractivity contribution is 6.05. The van der Waals surface area contributed by atoms with Crippen LogP contribution in [-0.4, -0.2) is 28.1 Å². The van der Waals surface area contributed by atoms with Gasteiger partial charge in [-0.25, -0.2) is 9.07 Å². The first-order chi connectivity index (χ1) is 17.4. The number of carbonyl (C=O) groups excluding carboxylic acids is 2. The molecule has 0 atom stereocenters. The number of aryl methyl sites for hydroxylation is 1. The Morgan fingerprint density at radius 2 is 1.69 bits per heavy atom. The molecule has 0 spiro atoms. The molecule has 1 aromatic heterocycles. The maximum atomic E-state index is 13.2. The summed E-state index contributed by atoms with van der Waals surface area (Å²) in [5, 5.41) is 6.04. The molecule has 0 fully saturated rings. The van der Waals surface area contributed by atoms with Gasteiger partial charge in [0.15, 0.2) is 0 Å². The van der Waals surface area contributed by atoms with Gasteiger partial charge < -0.3 is 10.2 Å². The van der Waals surface area contributed by atoms with E-state index in [2.05, 4.69) is 10.4 Å². The van der Waals surface area contributed by atoms with Gasteiger partial charge in [0.1, 0.15) is 5.82 Å².